The third-order valence-corrected chi connectivity index (χ3v) is 3.73. The van der Waals surface area contributed by atoms with E-state index >= 15 is 0 Å². The molecule has 0 unspecified atom stereocenters. The van der Waals surface area contributed by atoms with Gasteiger partial charge >= 0.3 is 5.97 Å². The molecule has 0 bridgehead atoms. The minimum absolute atomic E-state index is 0.280. The summed E-state index contributed by atoms with van der Waals surface area (Å²) in [5.41, 5.74) is 0.280. The van der Waals surface area contributed by atoms with Crippen LogP contribution >= 0.6 is 0 Å². The van der Waals surface area contributed by atoms with Gasteiger partial charge in [0.1, 0.15) is 11.3 Å². The molecule has 2 aliphatic carbocycles. The highest BCUT2D eigenvalue weighted by molar-refractivity contribution is 5.88. The van der Waals surface area contributed by atoms with Crippen LogP contribution < -0.4 is 5.32 Å². The van der Waals surface area contributed by atoms with Crippen LogP contribution in [0.1, 0.15) is 41.8 Å². The Balaban J connectivity index is 1.62. The van der Waals surface area contributed by atoms with Gasteiger partial charge < -0.3 is 14.8 Å². The summed E-state index contributed by atoms with van der Waals surface area (Å²) in [4.78, 5) is 10.9. The number of carboxylic acid groups (broad SMARTS) is 1. The molecular formula is C13H17NO3. The Morgan fingerprint density at radius 1 is 1.41 bits per heavy atom. The molecule has 0 aromatic carbocycles. The fourth-order valence-electron chi connectivity index (χ4n) is 2.51. The van der Waals surface area contributed by atoms with Gasteiger partial charge in [-0.2, -0.15) is 0 Å². The molecule has 17 heavy (non-hydrogen) atoms. The van der Waals surface area contributed by atoms with E-state index in [0.29, 0.717) is 18.3 Å². The highest BCUT2D eigenvalue weighted by atomic mass is 16.4. The fraction of sp³-hybridized carbons (Fsp3) is 0.615. The number of hydrogen-bond acceptors (Lipinski definition) is 3. The molecule has 0 spiro atoms. The van der Waals surface area contributed by atoms with Gasteiger partial charge in [-0.25, -0.2) is 4.79 Å². The second-order valence-corrected chi connectivity index (χ2v) is 5.14. The molecule has 1 aromatic heterocycles. The monoisotopic (exact) mass is 235 g/mol. The SMILES string of the molecule is O=C(O)c1ccoc1CNC(C1CC1)C1CC1. The maximum atomic E-state index is 10.9. The minimum atomic E-state index is -0.912. The van der Waals surface area contributed by atoms with Crippen molar-refractivity contribution in [3.63, 3.8) is 0 Å². The first-order chi connectivity index (χ1) is 8.25. The maximum absolute atomic E-state index is 10.9. The lowest BCUT2D eigenvalue weighted by Crippen LogP contribution is -2.32. The standard InChI is InChI=1S/C13H17NO3/c15-13(16)10-5-6-17-11(10)7-14-12(8-1-2-8)9-3-4-9/h5-6,8-9,12,14H,1-4,7H2,(H,15,16). The highest BCUT2D eigenvalue weighted by Crippen LogP contribution is 2.44. The van der Waals surface area contributed by atoms with Crippen LogP contribution in [0.25, 0.3) is 0 Å². The van der Waals surface area contributed by atoms with Gasteiger partial charge in [-0.1, -0.05) is 0 Å². The molecule has 3 rings (SSSR count). The molecule has 4 nitrogen and oxygen atoms in total. The van der Waals surface area contributed by atoms with Crippen molar-refractivity contribution in [2.75, 3.05) is 0 Å². The van der Waals surface area contributed by atoms with Crippen molar-refractivity contribution in [1.29, 1.82) is 0 Å². The summed E-state index contributed by atoms with van der Waals surface area (Å²) in [7, 11) is 0. The van der Waals surface area contributed by atoms with Crippen molar-refractivity contribution in [2.45, 2.75) is 38.3 Å². The van der Waals surface area contributed by atoms with Crippen molar-refractivity contribution in [1.82, 2.24) is 5.32 Å². The van der Waals surface area contributed by atoms with Crippen LogP contribution in [-0.4, -0.2) is 17.1 Å². The molecule has 2 fully saturated rings. The van der Waals surface area contributed by atoms with Gasteiger partial charge in [-0.15, -0.1) is 0 Å². The maximum Gasteiger partial charge on any atom is 0.339 e. The predicted molar refractivity (Wildman–Crippen MR) is 61.7 cm³/mol. The quantitative estimate of drug-likeness (QED) is 0.794. The molecule has 1 heterocycles. The zero-order chi connectivity index (χ0) is 11.8. The Labute approximate surface area is 100 Å². The second-order valence-electron chi connectivity index (χ2n) is 5.14. The van der Waals surface area contributed by atoms with Crippen LogP contribution in [0.3, 0.4) is 0 Å². The molecule has 0 amide bonds. The number of hydrogen-bond donors (Lipinski definition) is 2. The average molecular weight is 235 g/mol. The molecule has 0 aliphatic heterocycles. The van der Waals surface area contributed by atoms with Crippen molar-refractivity contribution in [3.8, 4) is 0 Å². The summed E-state index contributed by atoms with van der Waals surface area (Å²) in [6, 6.07) is 2.09. The van der Waals surface area contributed by atoms with Gasteiger partial charge in [-0.3, -0.25) is 0 Å². The number of aromatic carboxylic acids is 1. The van der Waals surface area contributed by atoms with Gasteiger partial charge in [0, 0.05) is 6.04 Å². The summed E-state index contributed by atoms with van der Waals surface area (Å²) in [6.45, 7) is 0.534. The highest BCUT2D eigenvalue weighted by Gasteiger charge is 2.41. The van der Waals surface area contributed by atoms with E-state index in [0.717, 1.165) is 11.8 Å². The molecule has 0 atom stereocenters. The van der Waals surface area contributed by atoms with Crippen molar-refractivity contribution < 1.29 is 14.3 Å². The number of carboxylic acids is 1. The van der Waals surface area contributed by atoms with Crippen LogP contribution in [-0.2, 0) is 6.54 Å². The average Bonchev–Trinajstić information content (AvgIpc) is 3.19. The summed E-state index contributed by atoms with van der Waals surface area (Å²) in [5, 5.41) is 12.5. The van der Waals surface area contributed by atoms with Crippen LogP contribution in [0, 0.1) is 11.8 Å². The summed E-state index contributed by atoms with van der Waals surface area (Å²) < 4.78 is 5.23. The van der Waals surface area contributed by atoms with E-state index in [2.05, 4.69) is 5.32 Å². The molecule has 2 aliphatic rings. The fourth-order valence-corrected chi connectivity index (χ4v) is 2.51. The Morgan fingerprint density at radius 2 is 2.06 bits per heavy atom. The van der Waals surface area contributed by atoms with E-state index in [1.807, 2.05) is 0 Å². The van der Waals surface area contributed by atoms with Crippen LogP contribution in [0.4, 0.5) is 0 Å². The van der Waals surface area contributed by atoms with E-state index in [4.69, 9.17) is 9.52 Å². The Kier molecular flexibility index (Phi) is 2.67. The number of nitrogens with one attached hydrogen (secondary N) is 1. The Hall–Kier alpha value is -1.29. The van der Waals surface area contributed by atoms with Gasteiger partial charge in [-0.05, 0) is 43.6 Å². The van der Waals surface area contributed by atoms with Crippen LogP contribution in [0.15, 0.2) is 16.7 Å². The first kappa shape index (κ1) is 10.8. The minimum Gasteiger partial charge on any atom is -0.478 e. The summed E-state index contributed by atoms with van der Waals surface area (Å²) in [5.74, 6) is 1.25. The van der Waals surface area contributed by atoms with Gasteiger partial charge in [0.05, 0.1) is 12.8 Å². The molecule has 2 N–H and O–H groups in total. The van der Waals surface area contributed by atoms with E-state index in [9.17, 15) is 4.79 Å². The second kappa shape index (κ2) is 4.18. The van der Waals surface area contributed by atoms with Gasteiger partial charge in [0.15, 0.2) is 0 Å². The molecule has 92 valence electrons. The number of rotatable bonds is 6. The third-order valence-electron chi connectivity index (χ3n) is 3.73. The van der Waals surface area contributed by atoms with Crippen molar-refractivity contribution >= 4 is 5.97 Å². The molecule has 1 aromatic rings. The van der Waals surface area contributed by atoms with Crippen molar-refractivity contribution in [2.24, 2.45) is 11.8 Å². The number of carbonyl (C=O) groups is 1. The predicted octanol–water partition coefficient (Wildman–Crippen LogP) is 2.26. The lowest BCUT2D eigenvalue weighted by Gasteiger charge is -2.16. The van der Waals surface area contributed by atoms with Crippen molar-refractivity contribution in [3.05, 3.63) is 23.7 Å². The lowest BCUT2D eigenvalue weighted by atomic mass is 10.1. The van der Waals surface area contributed by atoms with Gasteiger partial charge in [0.2, 0.25) is 0 Å². The largest absolute Gasteiger partial charge is 0.478 e. The van der Waals surface area contributed by atoms with Crippen LogP contribution in [0.2, 0.25) is 0 Å². The molecule has 4 heteroatoms. The summed E-state index contributed by atoms with van der Waals surface area (Å²) in [6.07, 6.45) is 6.72. The molecular weight excluding hydrogens is 218 g/mol. The Morgan fingerprint density at radius 3 is 2.59 bits per heavy atom. The topological polar surface area (TPSA) is 62.5 Å². The third kappa shape index (κ3) is 2.36. The van der Waals surface area contributed by atoms with E-state index in [1.54, 1.807) is 0 Å². The number of furan rings is 1. The molecule has 0 radical (unpaired) electrons. The van der Waals surface area contributed by atoms with E-state index in [-0.39, 0.29) is 5.56 Å². The summed E-state index contributed by atoms with van der Waals surface area (Å²) >= 11 is 0. The first-order valence-corrected chi connectivity index (χ1v) is 6.29. The van der Waals surface area contributed by atoms with E-state index in [1.165, 1.54) is 38.0 Å². The van der Waals surface area contributed by atoms with E-state index < -0.39 is 5.97 Å². The molecule has 0 saturated heterocycles. The van der Waals surface area contributed by atoms with Gasteiger partial charge in [0.25, 0.3) is 0 Å². The van der Waals surface area contributed by atoms with Crippen LogP contribution in [0.5, 0.6) is 0 Å². The zero-order valence-electron chi connectivity index (χ0n) is 9.69. The smallest absolute Gasteiger partial charge is 0.339 e. The lowest BCUT2D eigenvalue weighted by molar-refractivity contribution is 0.0694. The molecule has 2 saturated carbocycles. The zero-order valence-corrected chi connectivity index (χ0v) is 9.69. The normalized spacial score (nSPS) is 19.8. The first-order valence-electron chi connectivity index (χ1n) is 6.29. The Bertz CT molecular complexity index is 406.